The molecule has 0 unspecified atom stereocenters. The SMILES string of the molecule is CC(=O)CCC(=O)Oc1c(F)c(F)cc(F)c1F. The van der Waals surface area contributed by atoms with Gasteiger partial charge in [0.25, 0.3) is 0 Å². The topological polar surface area (TPSA) is 43.4 Å². The van der Waals surface area contributed by atoms with Crippen LogP contribution in [0.2, 0.25) is 0 Å². The van der Waals surface area contributed by atoms with Gasteiger partial charge in [0.05, 0.1) is 6.42 Å². The van der Waals surface area contributed by atoms with Crippen LogP contribution in [-0.2, 0) is 9.59 Å². The lowest BCUT2D eigenvalue weighted by atomic mass is 10.2. The molecule has 0 spiro atoms. The molecule has 0 aliphatic carbocycles. The molecule has 7 heteroatoms. The standard InChI is InChI=1S/C11H8F4O3/c1-5(16)2-3-8(17)18-11-9(14)6(12)4-7(13)10(11)15/h4H,2-3H2,1H3. The molecule has 1 aromatic rings. The van der Waals surface area contributed by atoms with E-state index in [4.69, 9.17) is 0 Å². The van der Waals surface area contributed by atoms with Gasteiger partial charge in [-0.15, -0.1) is 0 Å². The molecule has 0 amide bonds. The van der Waals surface area contributed by atoms with E-state index in [1.807, 2.05) is 0 Å². The second-order valence-electron chi connectivity index (χ2n) is 3.47. The second-order valence-corrected chi connectivity index (χ2v) is 3.47. The van der Waals surface area contributed by atoms with Crippen molar-refractivity contribution in [3.63, 3.8) is 0 Å². The maximum Gasteiger partial charge on any atom is 0.311 e. The number of hydrogen-bond acceptors (Lipinski definition) is 3. The molecule has 0 atom stereocenters. The van der Waals surface area contributed by atoms with Crippen molar-refractivity contribution in [3.05, 3.63) is 29.3 Å². The summed E-state index contributed by atoms with van der Waals surface area (Å²) in [7, 11) is 0. The van der Waals surface area contributed by atoms with Gasteiger partial charge < -0.3 is 9.53 Å². The molecule has 0 aromatic heterocycles. The number of Topliss-reactive ketones (excluding diaryl/α,β-unsaturated/α-hetero) is 1. The summed E-state index contributed by atoms with van der Waals surface area (Å²) >= 11 is 0. The van der Waals surface area contributed by atoms with Crippen LogP contribution in [0, 0.1) is 23.3 Å². The predicted molar refractivity (Wildman–Crippen MR) is 51.8 cm³/mol. The number of hydrogen-bond donors (Lipinski definition) is 0. The van der Waals surface area contributed by atoms with E-state index >= 15 is 0 Å². The Kier molecular flexibility index (Phi) is 4.41. The molecule has 0 N–H and O–H groups in total. The quantitative estimate of drug-likeness (QED) is 0.363. The van der Waals surface area contributed by atoms with Gasteiger partial charge >= 0.3 is 5.97 Å². The van der Waals surface area contributed by atoms with Gasteiger partial charge in [-0.2, -0.15) is 8.78 Å². The molecule has 18 heavy (non-hydrogen) atoms. The van der Waals surface area contributed by atoms with Gasteiger partial charge in [0.1, 0.15) is 5.78 Å². The third-order valence-corrected chi connectivity index (χ3v) is 1.97. The first kappa shape index (κ1) is 14.1. The minimum absolute atomic E-state index is 0.00241. The highest BCUT2D eigenvalue weighted by Crippen LogP contribution is 2.26. The molecule has 0 fully saturated rings. The molecule has 0 saturated heterocycles. The van der Waals surface area contributed by atoms with Crippen LogP contribution >= 0.6 is 0 Å². The Labute approximate surface area is 99.4 Å². The summed E-state index contributed by atoms with van der Waals surface area (Å²) in [6.07, 6.45) is -0.633. The molecule has 0 aliphatic rings. The van der Waals surface area contributed by atoms with Gasteiger partial charge in [0.2, 0.25) is 17.4 Å². The number of ketones is 1. The average molecular weight is 264 g/mol. The Bertz CT molecular complexity index is 473. The fourth-order valence-electron chi connectivity index (χ4n) is 1.08. The van der Waals surface area contributed by atoms with Crippen LogP contribution < -0.4 is 4.74 Å². The first-order valence-electron chi connectivity index (χ1n) is 4.86. The number of carbonyl (C=O) groups excluding carboxylic acids is 2. The lowest BCUT2D eigenvalue weighted by Gasteiger charge is -2.07. The zero-order chi connectivity index (χ0) is 13.9. The molecule has 0 heterocycles. The number of benzene rings is 1. The molecule has 98 valence electrons. The van der Waals surface area contributed by atoms with E-state index in [1.165, 1.54) is 6.92 Å². The number of rotatable bonds is 4. The first-order chi connectivity index (χ1) is 8.32. The molecular weight excluding hydrogens is 256 g/mol. The highest BCUT2D eigenvalue weighted by Gasteiger charge is 2.22. The van der Waals surface area contributed by atoms with Crippen LogP contribution in [-0.4, -0.2) is 11.8 Å². The van der Waals surface area contributed by atoms with Gasteiger partial charge in [-0.3, -0.25) is 4.79 Å². The summed E-state index contributed by atoms with van der Waals surface area (Å²) in [6, 6.07) is -0.00241. The fourth-order valence-corrected chi connectivity index (χ4v) is 1.08. The number of halogens is 4. The summed E-state index contributed by atoms with van der Waals surface area (Å²) in [4.78, 5) is 21.7. The lowest BCUT2D eigenvalue weighted by Crippen LogP contribution is -2.13. The maximum atomic E-state index is 13.1. The van der Waals surface area contributed by atoms with Crippen LogP contribution in [0.5, 0.6) is 5.75 Å². The van der Waals surface area contributed by atoms with E-state index in [2.05, 4.69) is 4.74 Å². The van der Waals surface area contributed by atoms with Crippen molar-refractivity contribution in [2.45, 2.75) is 19.8 Å². The monoisotopic (exact) mass is 264 g/mol. The minimum atomic E-state index is -1.80. The average Bonchev–Trinajstić information content (AvgIpc) is 2.29. The highest BCUT2D eigenvalue weighted by molar-refractivity contribution is 5.81. The second kappa shape index (κ2) is 5.61. The van der Waals surface area contributed by atoms with Crippen molar-refractivity contribution >= 4 is 11.8 Å². The minimum Gasteiger partial charge on any atom is -0.420 e. The van der Waals surface area contributed by atoms with E-state index in [-0.39, 0.29) is 18.3 Å². The van der Waals surface area contributed by atoms with Gasteiger partial charge in [-0.1, -0.05) is 0 Å². The van der Waals surface area contributed by atoms with E-state index in [9.17, 15) is 27.2 Å². The van der Waals surface area contributed by atoms with Gasteiger partial charge in [0, 0.05) is 12.5 Å². The summed E-state index contributed by atoms with van der Waals surface area (Å²) in [6.45, 7) is 1.20. The van der Waals surface area contributed by atoms with Crippen molar-refractivity contribution in [1.29, 1.82) is 0 Å². The number of ether oxygens (including phenoxy) is 1. The third-order valence-electron chi connectivity index (χ3n) is 1.97. The Morgan fingerprint density at radius 1 is 1.06 bits per heavy atom. The van der Waals surface area contributed by atoms with Crippen molar-refractivity contribution in [1.82, 2.24) is 0 Å². The summed E-state index contributed by atoms with van der Waals surface area (Å²) in [5.41, 5.74) is 0. The van der Waals surface area contributed by atoms with Crippen LogP contribution in [0.1, 0.15) is 19.8 Å². The number of esters is 1. The van der Waals surface area contributed by atoms with Crippen molar-refractivity contribution in [2.75, 3.05) is 0 Å². The molecule has 0 bridgehead atoms. The largest absolute Gasteiger partial charge is 0.420 e. The molecular formula is C11H8F4O3. The Morgan fingerprint density at radius 2 is 1.56 bits per heavy atom. The highest BCUT2D eigenvalue weighted by atomic mass is 19.2. The van der Waals surface area contributed by atoms with E-state index < -0.39 is 41.4 Å². The van der Waals surface area contributed by atoms with Crippen LogP contribution in [0.15, 0.2) is 6.07 Å². The van der Waals surface area contributed by atoms with Crippen LogP contribution in [0.25, 0.3) is 0 Å². The molecule has 0 aliphatic heterocycles. The Morgan fingerprint density at radius 3 is 2.00 bits per heavy atom. The summed E-state index contributed by atoms with van der Waals surface area (Å²) in [5.74, 6) is -9.89. The molecule has 0 saturated carbocycles. The smallest absolute Gasteiger partial charge is 0.311 e. The summed E-state index contributed by atoms with van der Waals surface area (Å²) in [5, 5.41) is 0. The Hall–Kier alpha value is -1.92. The summed E-state index contributed by atoms with van der Waals surface area (Å²) < 4.78 is 55.8. The van der Waals surface area contributed by atoms with Gasteiger partial charge in [-0.05, 0) is 6.92 Å². The maximum absolute atomic E-state index is 13.1. The fraction of sp³-hybridized carbons (Fsp3) is 0.273. The van der Waals surface area contributed by atoms with Crippen molar-refractivity contribution in [3.8, 4) is 5.75 Å². The predicted octanol–water partition coefficient (Wildman–Crippen LogP) is 2.52. The van der Waals surface area contributed by atoms with Gasteiger partial charge in [-0.25, -0.2) is 8.78 Å². The van der Waals surface area contributed by atoms with E-state index in [0.29, 0.717) is 0 Å². The molecule has 0 radical (unpaired) electrons. The normalized spacial score (nSPS) is 10.3. The van der Waals surface area contributed by atoms with E-state index in [1.54, 1.807) is 0 Å². The van der Waals surface area contributed by atoms with Crippen molar-refractivity contribution in [2.24, 2.45) is 0 Å². The number of carbonyl (C=O) groups is 2. The molecule has 3 nitrogen and oxygen atoms in total. The molecule has 1 rings (SSSR count). The van der Waals surface area contributed by atoms with Crippen molar-refractivity contribution < 1.29 is 31.9 Å². The zero-order valence-electron chi connectivity index (χ0n) is 9.23. The Balaban J connectivity index is 2.90. The zero-order valence-corrected chi connectivity index (χ0v) is 9.23. The lowest BCUT2D eigenvalue weighted by molar-refractivity contribution is -0.136. The van der Waals surface area contributed by atoms with Crippen LogP contribution in [0.4, 0.5) is 17.6 Å². The van der Waals surface area contributed by atoms with Crippen LogP contribution in [0.3, 0.4) is 0 Å². The molecule has 1 aromatic carbocycles. The van der Waals surface area contributed by atoms with E-state index in [0.717, 1.165) is 0 Å². The third kappa shape index (κ3) is 3.28. The first-order valence-corrected chi connectivity index (χ1v) is 4.86. The van der Waals surface area contributed by atoms with Gasteiger partial charge in [0.15, 0.2) is 11.6 Å².